The maximum atomic E-state index is 12.7. The lowest BCUT2D eigenvalue weighted by atomic mass is 10.2. The fraction of sp³-hybridized carbons (Fsp3) is 0.692. The summed E-state index contributed by atoms with van der Waals surface area (Å²) in [7, 11) is -3.29. The Kier molecular flexibility index (Phi) is 8.25. The van der Waals surface area contributed by atoms with E-state index < -0.39 is 7.60 Å². The van der Waals surface area contributed by atoms with Gasteiger partial charge >= 0.3 is 7.60 Å². The van der Waals surface area contributed by atoms with Crippen molar-refractivity contribution in [2.24, 2.45) is 0 Å². The fourth-order valence-electron chi connectivity index (χ4n) is 1.55. The Balaban J connectivity index is 5.52. The molecule has 0 spiro atoms. The average Bonchev–Trinajstić information content (AvgIpc) is 2.29. The van der Waals surface area contributed by atoms with Gasteiger partial charge in [0.25, 0.3) is 0 Å². The van der Waals surface area contributed by atoms with Crippen LogP contribution in [0.3, 0.4) is 0 Å². The van der Waals surface area contributed by atoms with E-state index in [-0.39, 0.29) is 0 Å². The van der Waals surface area contributed by atoms with Gasteiger partial charge in [0, 0.05) is 0 Å². The highest BCUT2D eigenvalue weighted by molar-refractivity contribution is 7.58. The molecule has 0 aromatic carbocycles. The Labute approximate surface area is 111 Å². The highest BCUT2D eigenvalue weighted by atomic mass is 31.2. The maximum Gasteiger partial charge on any atom is 0.364 e. The van der Waals surface area contributed by atoms with Crippen molar-refractivity contribution < 1.29 is 18.3 Å². The van der Waals surface area contributed by atoms with E-state index in [0.29, 0.717) is 30.9 Å². The maximum absolute atomic E-state index is 12.7. The van der Waals surface area contributed by atoms with Gasteiger partial charge in [-0.1, -0.05) is 6.08 Å². The highest BCUT2D eigenvalue weighted by Gasteiger charge is 2.33. The third kappa shape index (κ3) is 4.60. The molecule has 0 saturated heterocycles. The SMILES string of the molecule is C/C=C(\C(OCC)=C(C)C)P(=O)(OCC)OCC. The van der Waals surface area contributed by atoms with Crippen molar-refractivity contribution in [3.05, 3.63) is 22.7 Å². The summed E-state index contributed by atoms with van der Waals surface area (Å²) in [5.74, 6) is 0.602. The van der Waals surface area contributed by atoms with Crippen LogP contribution in [0.1, 0.15) is 41.5 Å². The zero-order valence-electron chi connectivity index (χ0n) is 12.3. The molecule has 0 saturated carbocycles. The van der Waals surface area contributed by atoms with Gasteiger partial charge in [0.2, 0.25) is 0 Å². The molecule has 0 aliphatic heterocycles. The van der Waals surface area contributed by atoms with Crippen LogP contribution in [-0.4, -0.2) is 19.8 Å². The van der Waals surface area contributed by atoms with Gasteiger partial charge in [0.15, 0.2) is 0 Å². The summed E-state index contributed by atoms with van der Waals surface area (Å²) in [5.41, 5.74) is 0.949. The number of hydrogen-bond donors (Lipinski definition) is 0. The van der Waals surface area contributed by atoms with Crippen LogP contribution in [-0.2, 0) is 18.3 Å². The van der Waals surface area contributed by atoms with Crippen molar-refractivity contribution in [3.63, 3.8) is 0 Å². The lowest BCUT2D eigenvalue weighted by molar-refractivity contribution is 0.211. The molecule has 0 bridgehead atoms. The van der Waals surface area contributed by atoms with E-state index in [9.17, 15) is 4.57 Å². The van der Waals surface area contributed by atoms with Gasteiger partial charge in [-0.3, -0.25) is 4.57 Å². The van der Waals surface area contributed by atoms with Crippen LogP contribution < -0.4 is 0 Å². The summed E-state index contributed by atoms with van der Waals surface area (Å²) in [6.45, 7) is 12.3. The summed E-state index contributed by atoms with van der Waals surface area (Å²) < 4.78 is 29.0. The number of rotatable bonds is 8. The Morgan fingerprint density at radius 2 is 1.56 bits per heavy atom. The fourth-order valence-corrected chi connectivity index (χ4v) is 3.43. The van der Waals surface area contributed by atoms with Crippen LogP contribution in [0.5, 0.6) is 0 Å². The molecule has 0 aromatic rings. The second kappa shape index (κ2) is 8.52. The predicted octanol–water partition coefficient (Wildman–Crippen LogP) is 4.49. The van der Waals surface area contributed by atoms with E-state index in [2.05, 4.69) is 0 Å². The van der Waals surface area contributed by atoms with E-state index in [0.717, 1.165) is 5.57 Å². The molecule has 0 N–H and O–H groups in total. The molecule has 0 unspecified atom stereocenters. The monoisotopic (exact) mass is 276 g/mol. The third-order valence-electron chi connectivity index (χ3n) is 2.14. The predicted molar refractivity (Wildman–Crippen MR) is 74.6 cm³/mol. The van der Waals surface area contributed by atoms with Crippen LogP contribution in [0.15, 0.2) is 22.7 Å². The van der Waals surface area contributed by atoms with Crippen molar-refractivity contribution in [3.8, 4) is 0 Å². The molecule has 0 aliphatic carbocycles. The summed E-state index contributed by atoms with van der Waals surface area (Å²) in [6, 6.07) is 0. The van der Waals surface area contributed by atoms with Gasteiger partial charge in [0.1, 0.15) is 11.1 Å². The lowest BCUT2D eigenvalue weighted by Crippen LogP contribution is -2.05. The zero-order chi connectivity index (χ0) is 14.2. The summed E-state index contributed by atoms with van der Waals surface area (Å²) in [4.78, 5) is 0. The Morgan fingerprint density at radius 1 is 1.06 bits per heavy atom. The standard InChI is InChI=1S/C13H25O4P/c1-7-12(13(11(5)6)15-8-2)18(14,16-9-3)17-10-4/h7H,8-10H2,1-6H3/b12-7+. The van der Waals surface area contributed by atoms with Crippen molar-refractivity contribution in [1.29, 1.82) is 0 Å². The third-order valence-corrected chi connectivity index (χ3v) is 4.39. The Bertz CT molecular complexity index is 344. The van der Waals surface area contributed by atoms with Gasteiger partial charge in [-0.15, -0.1) is 0 Å². The minimum Gasteiger partial charge on any atom is -0.493 e. The summed E-state index contributed by atoms with van der Waals surface area (Å²) >= 11 is 0. The minimum atomic E-state index is -3.29. The summed E-state index contributed by atoms with van der Waals surface area (Å²) in [5, 5.41) is 0.507. The molecule has 0 rings (SSSR count). The van der Waals surface area contributed by atoms with E-state index in [1.807, 2.05) is 27.7 Å². The topological polar surface area (TPSA) is 44.8 Å². The minimum absolute atomic E-state index is 0.330. The van der Waals surface area contributed by atoms with E-state index in [1.54, 1.807) is 19.9 Å². The molecule has 0 aromatic heterocycles. The Morgan fingerprint density at radius 3 is 1.83 bits per heavy atom. The van der Waals surface area contributed by atoms with Crippen LogP contribution >= 0.6 is 7.60 Å². The largest absolute Gasteiger partial charge is 0.493 e. The van der Waals surface area contributed by atoms with Crippen LogP contribution in [0.2, 0.25) is 0 Å². The van der Waals surface area contributed by atoms with Crippen molar-refractivity contribution >= 4 is 7.60 Å². The van der Waals surface area contributed by atoms with Gasteiger partial charge < -0.3 is 13.8 Å². The van der Waals surface area contributed by atoms with Crippen molar-refractivity contribution in [2.45, 2.75) is 41.5 Å². The molecule has 5 heteroatoms. The number of allylic oxidation sites excluding steroid dienone is 3. The quantitative estimate of drug-likeness (QED) is 0.372. The van der Waals surface area contributed by atoms with Crippen LogP contribution in [0, 0.1) is 0 Å². The van der Waals surface area contributed by atoms with Gasteiger partial charge in [0.05, 0.1) is 19.8 Å². The first-order valence-corrected chi connectivity index (χ1v) is 7.87. The average molecular weight is 276 g/mol. The van der Waals surface area contributed by atoms with E-state index in [4.69, 9.17) is 13.8 Å². The van der Waals surface area contributed by atoms with Crippen molar-refractivity contribution in [1.82, 2.24) is 0 Å². The van der Waals surface area contributed by atoms with Crippen LogP contribution in [0.25, 0.3) is 0 Å². The smallest absolute Gasteiger partial charge is 0.364 e. The first-order chi connectivity index (χ1) is 8.46. The molecule has 0 heterocycles. The lowest BCUT2D eigenvalue weighted by Gasteiger charge is -2.22. The molecule has 0 atom stereocenters. The number of ether oxygens (including phenoxy) is 1. The van der Waals surface area contributed by atoms with Crippen LogP contribution in [0.4, 0.5) is 0 Å². The Hall–Kier alpha value is -0.570. The normalized spacial score (nSPS) is 12.4. The van der Waals surface area contributed by atoms with Gasteiger partial charge in [-0.2, -0.15) is 0 Å². The molecule has 18 heavy (non-hydrogen) atoms. The van der Waals surface area contributed by atoms with Crippen molar-refractivity contribution in [2.75, 3.05) is 19.8 Å². The first-order valence-electron chi connectivity index (χ1n) is 6.33. The number of hydrogen-bond acceptors (Lipinski definition) is 4. The molecule has 0 aliphatic rings. The second-order valence-electron chi connectivity index (χ2n) is 3.77. The second-order valence-corrected chi connectivity index (χ2v) is 5.76. The highest BCUT2D eigenvalue weighted by Crippen LogP contribution is 2.59. The van der Waals surface area contributed by atoms with Gasteiger partial charge in [-0.25, -0.2) is 0 Å². The van der Waals surface area contributed by atoms with Gasteiger partial charge in [-0.05, 0) is 47.1 Å². The molecule has 0 fully saturated rings. The molecule has 0 amide bonds. The molecule has 4 nitrogen and oxygen atoms in total. The van der Waals surface area contributed by atoms with E-state index in [1.165, 1.54) is 0 Å². The first kappa shape index (κ1) is 17.4. The summed E-state index contributed by atoms with van der Waals surface area (Å²) in [6.07, 6.45) is 1.74. The molecular weight excluding hydrogens is 251 g/mol. The molecule has 0 radical (unpaired) electrons. The zero-order valence-corrected chi connectivity index (χ0v) is 13.2. The molecule has 106 valence electrons. The van der Waals surface area contributed by atoms with E-state index >= 15 is 0 Å². The molecular formula is C13H25O4P.